The van der Waals surface area contributed by atoms with E-state index in [0.717, 1.165) is 11.1 Å². The standard InChI is InChI=1S/C25H25ClN4O4/c1-15-5-7-17(8-6-15)12-27-24(33)25(3)13-29-14-28-20(23(32)34-4)21(29)22(31)30(25)19-10-9-18(26)11-16(19)2/h5-11,14H,12-13H2,1-4H3,(H,27,33). The maximum Gasteiger partial charge on any atom is 0.359 e. The molecule has 34 heavy (non-hydrogen) atoms. The molecule has 3 aromatic rings. The molecule has 2 amide bonds. The minimum absolute atomic E-state index is 0.0741. The van der Waals surface area contributed by atoms with Crippen molar-refractivity contribution in [1.29, 1.82) is 0 Å². The van der Waals surface area contributed by atoms with Crippen LogP contribution in [-0.2, 0) is 22.6 Å². The van der Waals surface area contributed by atoms with Gasteiger partial charge in [-0.25, -0.2) is 9.78 Å². The van der Waals surface area contributed by atoms with Gasteiger partial charge in [-0.1, -0.05) is 41.4 Å². The maximum atomic E-state index is 13.8. The Hall–Kier alpha value is -3.65. The number of nitrogens with zero attached hydrogens (tertiary/aromatic N) is 3. The molecule has 0 spiro atoms. The van der Waals surface area contributed by atoms with E-state index in [1.54, 1.807) is 25.1 Å². The van der Waals surface area contributed by atoms with Crippen LogP contribution in [0.15, 0.2) is 48.8 Å². The van der Waals surface area contributed by atoms with Gasteiger partial charge in [0.1, 0.15) is 11.2 Å². The lowest BCUT2D eigenvalue weighted by atomic mass is 9.92. The van der Waals surface area contributed by atoms with Crippen molar-refractivity contribution >= 4 is 35.1 Å². The van der Waals surface area contributed by atoms with E-state index < -0.39 is 17.4 Å². The molecule has 9 heteroatoms. The Morgan fingerprint density at radius 1 is 1.18 bits per heavy atom. The molecule has 2 aromatic carbocycles. The molecule has 8 nitrogen and oxygen atoms in total. The molecule has 0 saturated carbocycles. The van der Waals surface area contributed by atoms with Crippen LogP contribution in [0.25, 0.3) is 0 Å². The van der Waals surface area contributed by atoms with Gasteiger partial charge in [0.15, 0.2) is 5.69 Å². The molecule has 1 unspecified atom stereocenters. The molecule has 1 aromatic heterocycles. The molecule has 0 radical (unpaired) electrons. The summed E-state index contributed by atoms with van der Waals surface area (Å²) in [4.78, 5) is 45.2. The number of rotatable bonds is 5. The summed E-state index contributed by atoms with van der Waals surface area (Å²) in [6.45, 7) is 5.91. The fourth-order valence-electron chi connectivity index (χ4n) is 4.20. The average Bonchev–Trinajstić information content (AvgIpc) is 3.23. The van der Waals surface area contributed by atoms with Gasteiger partial charge in [0.05, 0.1) is 20.0 Å². The molecule has 1 aliphatic rings. The number of imidazole rings is 1. The Morgan fingerprint density at radius 2 is 1.88 bits per heavy atom. The monoisotopic (exact) mass is 480 g/mol. The minimum Gasteiger partial charge on any atom is -0.464 e. The van der Waals surface area contributed by atoms with Crippen LogP contribution < -0.4 is 10.2 Å². The highest BCUT2D eigenvalue weighted by Gasteiger charge is 2.50. The predicted octanol–water partition coefficient (Wildman–Crippen LogP) is 3.68. The van der Waals surface area contributed by atoms with Crippen molar-refractivity contribution in [3.63, 3.8) is 0 Å². The van der Waals surface area contributed by atoms with Gasteiger partial charge in [-0.3, -0.25) is 14.5 Å². The van der Waals surface area contributed by atoms with Crippen LogP contribution >= 0.6 is 11.6 Å². The number of methoxy groups -OCH3 is 1. The van der Waals surface area contributed by atoms with Crippen LogP contribution in [0.3, 0.4) is 0 Å². The molecule has 0 bridgehead atoms. The molecule has 0 aliphatic carbocycles. The van der Waals surface area contributed by atoms with E-state index >= 15 is 0 Å². The van der Waals surface area contributed by atoms with E-state index in [1.807, 2.05) is 38.1 Å². The topological polar surface area (TPSA) is 93.5 Å². The van der Waals surface area contributed by atoms with Crippen LogP contribution in [0.4, 0.5) is 5.69 Å². The molecule has 0 fully saturated rings. The van der Waals surface area contributed by atoms with Crippen molar-refractivity contribution in [2.75, 3.05) is 12.0 Å². The van der Waals surface area contributed by atoms with Crippen molar-refractivity contribution < 1.29 is 19.1 Å². The molecule has 1 N–H and O–H groups in total. The van der Waals surface area contributed by atoms with Gasteiger partial charge < -0.3 is 14.6 Å². The van der Waals surface area contributed by atoms with Gasteiger partial charge in [0.2, 0.25) is 5.91 Å². The number of hydrogen-bond donors (Lipinski definition) is 1. The lowest BCUT2D eigenvalue weighted by molar-refractivity contribution is -0.126. The highest BCUT2D eigenvalue weighted by atomic mass is 35.5. The van der Waals surface area contributed by atoms with Crippen LogP contribution in [0.5, 0.6) is 0 Å². The third kappa shape index (κ3) is 4.05. The number of halogens is 1. The van der Waals surface area contributed by atoms with E-state index in [1.165, 1.54) is 22.9 Å². The fourth-order valence-corrected chi connectivity index (χ4v) is 4.43. The first-order valence-electron chi connectivity index (χ1n) is 10.7. The van der Waals surface area contributed by atoms with Crippen LogP contribution in [0.1, 0.15) is 44.6 Å². The summed E-state index contributed by atoms with van der Waals surface area (Å²) in [5, 5.41) is 3.48. The summed E-state index contributed by atoms with van der Waals surface area (Å²) in [5.41, 5.74) is 1.98. The number of fused-ring (bicyclic) bond motifs is 1. The number of anilines is 1. The highest BCUT2D eigenvalue weighted by Crippen LogP contribution is 2.36. The number of ether oxygens (including phenoxy) is 1. The number of benzene rings is 2. The van der Waals surface area contributed by atoms with Gasteiger partial charge in [0.25, 0.3) is 5.91 Å². The van der Waals surface area contributed by atoms with Gasteiger partial charge in [-0.05, 0) is 50.1 Å². The van der Waals surface area contributed by atoms with Crippen LogP contribution in [-0.4, -0.2) is 40.0 Å². The Kier molecular flexibility index (Phi) is 6.18. The second-order valence-electron chi connectivity index (χ2n) is 8.57. The first-order chi connectivity index (χ1) is 16.2. The quantitative estimate of drug-likeness (QED) is 0.562. The van der Waals surface area contributed by atoms with Gasteiger partial charge in [-0.15, -0.1) is 0 Å². The number of carbonyl (C=O) groups excluding carboxylic acids is 3. The van der Waals surface area contributed by atoms with E-state index in [2.05, 4.69) is 10.3 Å². The normalized spacial score (nSPS) is 17.3. The first-order valence-corrected chi connectivity index (χ1v) is 11.1. The SMILES string of the molecule is COC(=O)c1ncn2c1C(=O)N(c1ccc(Cl)cc1C)C(C)(C(=O)NCc1ccc(C)cc1)C2. The molecule has 176 valence electrons. The molecular weight excluding hydrogens is 456 g/mol. The fraction of sp³-hybridized carbons (Fsp3) is 0.280. The van der Waals surface area contributed by atoms with E-state index in [9.17, 15) is 14.4 Å². The second-order valence-corrected chi connectivity index (χ2v) is 9.01. The Balaban J connectivity index is 1.77. The van der Waals surface area contributed by atoms with Crippen molar-refractivity contribution in [2.24, 2.45) is 0 Å². The number of amides is 2. The summed E-state index contributed by atoms with van der Waals surface area (Å²) in [6, 6.07) is 12.9. The van der Waals surface area contributed by atoms with Crippen molar-refractivity contribution in [2.45, 2.75) is 39.4 Å². The van der Waals surface area contributed by atoms with Gasteiger partial charge in [0, 0.05) is 17.3 Å². The van der Waals surface area contributed by atoms with Gasteiger partial charge >= 0.3 is 5.97 Å². The van der Waals surface area contributed by atoms with E-state index in [0.29, 0.717) is 22.8 Å². The highest BCUT2D eigenvalue weighted by molar-refractivity contribution is 6.30. The smallest absolute Gasteiger partial charge is 0.359 e. The number of aromatic nitrogens is 2. The van der Waals surface area contributed by atoms with Crippen LogP contribution in [0, 0.1) is 13.8 Å². The number of carbonyl (C=O) groups is 3. The molecular formula is C25H25ClN4O4. The molecule has 0 saturated heterocycles. The second kappa shape index (κ2) is 8.95. The van der Waals surface area contributed by atoms with Crippen molar-refractivity contribution in [3.05, 3.63) is 81.9 Å². The minimum atomic E-state index is -1.30. The van der Waals surface area contributed by atoms with Crippen molar-refractivity contribution in [3.8, 4) is 0 Å². The average molecular weight is 481 g/mol. The molecule has 1 atom stereocenters. The zero-order valence-corrected chi connectivity index (χ0v) is 20.1. The predicted molar refractivity (Wildman–Crippen MR) is 128 cm³/mol. The summed E-state index contributed by atoms with van der Waals surface area (Å²) in [5.74, 6) is -1.58. The summed E-state index contributed by atoms with van der Waals surface area (Å²) < 4.78 is 6.33. The van der Waals surface area contributed by atoms with Crippen molar-refractivity contribution in [1.82, 2.24) is 14.9 Å². The molecule has 1 aliphatic heterocycles. The Bertz CT molecular complexity index is 1280. The number of hydrogen-bond acceptors (Lipinski definition) is 5. The van der Waals surface area contributed by atoms with Crippen LogP contribution in [0.2, 0.25) is 5.02 Å². The van der Waals surface area contributed by atoms with E-state index in [-0.39, 0.29) is 23.8 Å². The summed E-state index contributed by atoms with van der Waals surface area (Å²) in [7, 11) is 1.23. The lowest BCUT2D eigenvalue weighted by Gasteiger charge is -2.44. The lowest BCUT2D eigenvalue weighted by Crippen LogP contribution is -2.64. The summed E-state index contributed by atoms with van der Waals surface area (Å²) >= 11 is 6.15. The van der Waals surface area contributed by atoms with Gasteiger partial charge in [-0.2, -0.15) is 0 Å². The third-order valence-corrected chi connectivity index (χ3v) is 6.29. The number of aryl methyl sites for hydroxylation is 2. The zero-order chi connectivity index (χ0) is 24.6. The number of nitrogens with one attached hydrogen (secondary N) is 1. The largest absolute Gasteiger partial charge is 0.464 e. The summed E-state index contributed by atoms with van der Waals surface area (Å²) in [6.07, 6.45) is 1.39. The molecule has 4 rings (SSSR count). The van der Waals surface area contributed by atoms with E-state index in [4.69, 9.17) is 16.3 Å². The Morgan fingerprint density at radius 3 is 2.53 bits per heavy atom. The zero-order valence-electron chi connectivity index (χ0n) is 19.4. The Labute approximate surface area is 202 Å². The molecule has 2 heterocycles. The first kappa shape index (κ1) is 23.5. The number of esters is 1. The maximum absolute atomic E-state index is 13.8. The third-order valence-electron chi connectivity index (χ3n) is 6.06.